The maximum atomic E-state index is 11.9. The smallest absolute Gasteiger partial charge is 0.224 e. The van der Waals surface area contributed by atoms with Gasteiger partial charge in [0.2, 0.25) is 5.91 Å². The van der Waals surface area contributed by atoms with Crippen LogP contribution in [0.3, 0.4) is 0 Å². The summed E-state index contributed by atoms with van der Waals surface area (Å²) in [5, 5.41) is 2.91. The van der Waals surface area contributed by atoms with E-state index in [0.717, 1.165) is 16.3 Å². The lowest BCUT2D eigenvalue weighted by Crippen LogP contribution is -2.12. The summed E-state index contributed by atoms with van der Waals surface area (Å²) in [5.41, 5.74) is 2.05. The Morgan fingerprint density at radius 2 is 1.95 bits per heavy atom. The number of nitrogens with one attached hydrogen (secondary N) is 1. The number of aryl methyl sites for hydroxylation is 1. The summed E-state index contributed by atoms with van der Waals surface area (Å²) >= 11 is 1.66. The molecule has 1 amide bonds. The average Bonchev–Trinajstić information content (AvgIpc) is 2.53. The highest BCUT2D eigenvalue weighted by molar-refractivity contribution is 7.98. The van der Waals surface area contributed by atoms with E-state index in [1.165, 1.54) is 5.56 Å². The summed E-state index contributed by atoms with van der Waals surface area (Å²) in [6.07, 6.45) is 3.17. The van der Waals surface area contributed by atoms with Crippen molar-refractivity contribution in [2.45, 2.75) is 24.7 Å². The third kappa shape index (κ3) is 5.45. The van der Waals surface area contributed by atoms with Crippen LogP contribution in [0.5, 0.6) is 5.75 Å². The lowest BCUT2D eigenvalue weighted by molar-refractivity contribution is -0.116. The van der Waals surface area contributed by atoms with Crippen LogP contribution in [0, 0.1) is 6.92 Å². The van der Waals surface area contributed by atoms with Crippen LogP contribution in [-0.4, -0.2) is 18.8 Å². The molecule has 0 heterocycles. The Morgan fingerprint density at radius 3 is 2.68 bits per heavy atom. The highest BCUT2D eigenvalue weighted by Crippen LogP contribution is 2.19. The number of hydrogen-bond donors (Lipinski definition) is 1. The maximum absolute atomic E-state index is 11.9. The lowest BCUT2D eigenvalue weighted by Gasteiger charge is -2.08. The molecule has 0 saturated carbocycles. The number of amides is 1. The monoisotopic (exact) mass is 315 g/mol. The van der Waals surface area contributed by atoms with Crippen LogP contribution in [0.1, 0.15) is 18.4 Å². The van der Waals surface area contributed by atoms with E-state index < -0.39 is 0 Å². The minimum Gasteiger partial charge on any atom is -0.494 e. The second-order valence-corrected chi connectivity index (χ2v) is 5.92. The van der Waals surface area contributed by atoms with Crippen molar-refractivity contribution in [1.82, 2.24) is 0 Å². The Morgan fingerprint density at radius 1 is 1.18 bits per heavy atom. The standard InChI is InChI=1S/C18H21NO2S/c1-14-8-10-16(11-9-14)21-12-4-7-18(20)19-15-5-3-6-17(13-15)22-2/h3,5-6,8-11,13H,4,7,12H2,1-2H3,(H,19,20). The number of anilines is 1. The summed E-state index contributed by atoms with van der Waals surface area (Å²) in [4.78, 5) is 13.0. The van der Waals surface area contributed by atoms with Gasteiger partial charge in [-0.25, -0.2) is 0 Å². The number of hydrogen-bond acceptors (Lipinski definition) is 3. The van der Waals surface area contributed by atoms with Gasteiger partial charge in [0.15, 0.2) is 0 Å². The van der Waals surface area contributed by atoms with Crippen LogP contribution in [0.4, 0.5) is 5.69 Å². The van der Waals surface area contributed by atoms with E-state index in [4.69, 9.17) is 4.74 Å². The first-order chi connectivity index (χ1) is 10.7. The maximum Gasteiger partial charge on any atom is 0.224 e. The normalized spacial score (nSPS) is 10.3. The van der Waals surface area contributed by atoms with Crippen molar-refractivity contribution in [2.75, 3.05) is 18.2 Å². The van der Waals surface area contributed by atoms with E-state index in [2.05, 4.69) is 5.32 Å². The first-order valence-corrected chi connectivity index (χ1v) is 8.53. The summed E-state index contributed by atoms with van der Waals surface area (Å²) in [6.45, 7) is 2.58. The third-order valence-electron chi connectivity index (χ3n) is 3.19. The van der Waals surface area contributed by atoms with Gasteiger partial charge in [-0.15, -0.1) is 11.8 Å². The number of carbonyl (C=O) groups excluding carboxylic acids is 1. The van der Waals surface area contributed by atoms with Gasteiger partial charge in [-0.3, -0.25) is 4.79 Å². The first-order valence-electron chi connectivity index (χ1n) is 7.31. The number of rotatable bonds is 7. The zero-order valence-corrected chi connectivity index (χ0v) is 13.8. The van der Waals surface area contributed by atoms with Crippen LogP contribution >= 0.6 is 11.8 Å². The Kier molecular flexibility index (Phi) is 6.34. The summed E-state index contributed by atoms with van der Waals surface area (Å²) in [6, 6.07) is 15.8. The number of thioether (sulfide) groups is 1. The molecule has 0 aliphatic carbocycles. The molecule has 0 radical (unpaired) electrons. The molecule has 22 heavy (non-hydrogen) atoms. The number of benzene rings is 2. The molecule has 0 unspecified atom stereocenters. The van der Waals surface area contributed by atoms with Crippen molar-refractivity contribution < 1.29 is 9.53 Å². The second kappa shape index (κ2) is 8.49. The fraction of sp³-hybridized carbons (Fsp3) is 0.278. The molecular formula is C18H21NO2S. The predicted octanol–water partition coefficient (Wildman–Crippen LogP) is 4.51. The predicted molar refractivity (Wildman–Crippen MR) is 92.8 cm³/mol. The fourth-order valence-corrected chi connectivity index (χ4v) is 2.44. The van der Waals surface area contributed by atoms with Gasteiger partial charge < -0.3 is 10.1 Å². The Balaban J connectivity index is 1.70. The Hall–Kier alpha value is -1.94. The molecule has 0 spiro atoms. The van der Waals surface area contributed by atoms with E-state index in [1.54, 1.807) is 11.8 Å². The Labute approximate surface area is 136 Å². The molecule has 0 aliphatic rings. The van der Waals surface area contributed by atoms with Gasteiger partial charge in [0.25, 0.3) is 0 Å². The minimum atomic E-state index is 0.0192. The van der Waals surface area contributed by atoms with Crippen LogP contribution < -0.4 is 10.1 Å². The van der Waals surface area contributed by atoms with Gasteiger partial charge in [-0.2, -0.15) is 0 Å². The number of ether oxygens (including phenoxy) is 1. The molecule has 2 aromatic carbocycles. The summed E-state index contributed by atoms with van der Waals surface area (Å²) in [5.74, 6) is 0.865. The van der Waals surface area contributed by atoms with Crippen LogP contribution in [-0.2, 0) is 4.79 Å². The molecule has 0 aliphatic heterocycles. The molecule has 0 atom stereocenters. The van der Waals surface area contributed by atoms with Crippen molar-refractivity contribution in [3.8, 4) is 5.75 Å². The highest BCUT2D eigenvalue weighted by Gasteiger charge is 2.03. The molecule has 2 aromatic rings. The van der Waals surface area contributed by atoms with Crippen molar-refractivity contribution in [1.29, 1.82) is 0 Å². The largest absolute Gasteiger partial charge is 0.494 e. The van der Waals surface area contributed by atoms with Gasteiger partial charge in [-0.05, 0) is 49.9 Å². The SMILES string of the molecule is CSc1cccc(NC(=O)CCCOc2ccc(C)cc2)c1. The van der Waals surface area contributed by atoms with Crippen molar-refractivity contribution in [3.05, 3.63) is 54.1 Å². The topological polar surface area (TPSA) is 38.3 Å². The first kappa shape index (κ1) is 16.4. The summed E-state index contributed by atoms with van der Waals surface area (Å²) < 4.78 is 5.61. The molecule has 0 bridgehead atoms. The third-order valence-corrected chi connectivity index (χ3v) is 3.92. The zero-order chi connectivity index (χ0) is 15.8. The summed E-state index contributed by atoms with van der Waals surface area (Å²) in [7, 11) is 0. The minimum absolute atomic E-state index is 0.0192. The molecule has 0 aromatic heterocycles. The fourth-order valence-electron chi connectivity index (χ4n) is 1.98. The van der Waals surface area contributed by atoms with Gasteiger partial charge in [0.05, 0.1) is 6.61 Å². The van der Waals surface area contributed by atoms with Gasteiger partial charge >= 0.3 is 0 Å². The molecule has 0 fully saturated rings. The van der Waals surface area contributed by atoms with E-state index in [0.29, 0.717) is 19.4 Å². The van der Waals surface area contributed by atoms with Gasteiger partial charge in [0, 0.05) is 17.0 Å². The van der Waals surface area contributed by atoms with E-state index in [-0.39, 0.29) is 5.91 Å². The van der Waals surface area contributed by atoms with Gasteiger partial charge in [0.1, 0.15) is 5.75 Å². The lowest BCUT2D eigenvalue weighted by atomic mass is 10.2. The second-order valence-electron chi connectivity index (χ2n) is 5.05. The Bertz CT molecular complexity index is 611. The zero-order valence-electron chi connectivity index (χ0n) is 13.0. The van der Waals surface area contributed by atoms with Gasteiger partial charge in [-0.1, -0.05) is 23.8 Å². The molecule has 0 saturated heterocycles. The van der Waals surface area contributed by atoms with E-state index in [9.17, 15) is 4.79 Å². The van der Waals surface area contributed by atoms with Crippen molar-refractivity contribution in [2.24, 2.45) is 0 Å². The number of carbonyl (C=O) groups is 1. The molecule has 4 heteroatoms. The quantitative estimate of drug-likeness (QED) is 0.603. The highest BCUT2D eigenvalue weighted by atomic mass is 32.2. The van der Waals surface area contributed by atoms with Crippen LogP contribution in [0.2, 0.25) is 0 Å². The van der Waals surface area contributed by atoms with E-state index >= 15 is 0 Å². The molecule has 3 nitrogen and oxygen atoms in total. The average molecular weight is 315 g/mol. The van der Waals surface area contributed by atoms with E-state index in [1.807, 2.05) is 61.7 Å². The van der Waals surface area contributed by atoms with Crippen molar-refractivity contribution >= 4 is 23.4 Å². The van der Waals surface area contributed by atoms with Crippen LogP contribution in [0.15, 0.2) is 53.4 Å². The van der Waals surface area contributed by atoms with Crippen LogP contribution in [0.25, 0.3) is 0 Å². The molecule has 116 valence electrons. The van der Waals surface area contributed by atoms with Crippen molar-refractivity contribution in [3.63, 3.8) is 0 Å². The molecular weight excluding hydrogens is 294 g/mol. The molecule has 2 rings (SSSR count). The molecule has 1 N–H and O–H groups in total.